The molecular weight excluding hydrogens is 373 g/mol. The van der Waals surface area contributed by atoms with Gasteiger partial charge in [0, 0.05) is 30.7 Å². The summed E-state index contributed by atoms with van der Waals surface area (Å²) in [6.07, 6.45) is -2.82. The number of nitrogens with zero attached hydrogens (tertiary/aromatic N) is 1. The van der Waals surface area contributed by atoms with E-state index >= 15 is 0 Å². The fourth-order valence-corrected chi connectivity index (χ4v) is 3.31. The molecule has 0 aliphatic carbocycles. The van der Waals surface area contributed by atoms with Crippen LogP contribution in [0.5, 0.6) is 0 Å². The molecule has 0 amide bonds. The van der Waals surface area contributed by atoms with E-state index in [4.69, 9.17) is 4.42 Å². The van der Waals surface area contributed by atoms with Gasteiger partial charge in [-0.1, -0.05) is 15.9 Å². The molecular formula is C16H16BrF3N2O. The van der Waals surface area contributed by atoms with Crippen molar-refractivity contribution in [3.8, 4) is 0 Å². The van der Waals surface area contributed by atoms with E-state index in [-0.39, 0.29) is 6.04 Å². The second kappa shape index (κ2) is 6.67. The van der Waals surface area contributed by atoms with Crippen LogP contribution in [-0.4, -0.2) is 31.1 Å². The van der Waals surface area contributed by atoms with Gasteiger partial charge in [0.15, 0.2) is 0 Å². The zero-order chi connectivity index (χ0) is 16.4. The van der Waals surface area contributed by atoms with Crippen molar-refractivity contribution in [1.82, 2.24) is 10.2 Å². The molecule has 2 heterocycles. The molecule has 1 aromatic heterocycles. The molecule has 1 aliphatic rings. The van der Waals surface area contributed by atoms with Crippen molar-refractivity contribution in [2.45, 2.75) is 12.2 Å². The lowest BCUT2D eigenvalue weighted by atomic mass is 9.99. The molecule has 3 rings (SSSR count). The Morgan fingerprint density at radius 3 is 2.52 bits per heavy atom. The van der Waals surface area contributed by atoms with E-state index in [0.29, 0.717) is 15.8 Å². The Kier molecular flexibility index (Phi) is 4.79. The third-order valence-electron chi connectivity index (χ3n) is 3.95. The maximum absolute atomic E-state index is 13.1. The summed E-state index contributed by atoms with van der Waals surface area (Å²) < 4.78 is 45.4. The van der Waals surface area contributed by atoms with Crippen LogP contribution in [0.2, 0.25) is 0 Å². The van der Waals surface area contributed by atoms with E-state index in [1.165, 1.54) is 12.1 Å². The lowest BCUT2D eigenvalue weighted by Crippen LogP contribution is -2.45. The number of nitrogens with one attached hydrogen (secondary N) is 1. The van der Waals surface area contributed by atoms with Crippen molar-refractivity contribution in [1.29, 1.82) is 0 Å². The quantitative estimate of drug-likeness (QED) is 0.859. The van der Waals surface area contributed by atoms with Gasteiger partial charge < -0.3 is 9.73 Å². The summed E-state index contributed by atoms with van der Waals surface area (Å²) in [5, 5.41) is 3.25. The van der Waals surface area contributed by atoms with E-state index < -0.39 is 11.7 Å². The van der Waals surface area contributed by atoms with E-state index in [2.05, 4.69) is 26.1 Å². The first-order valence-corrected chi connectivity index (χ1v) is 8.11. The van der Waals surface area contributed by atoms with Crippen LogP contribution in [0.25, 0.3) is 0 Å². The molecule has 2 aromatic rings. The molecule has 0 radical (unpaired) electrons. The Morgan fingerprint density at radius 1 is 1.17 bits per heavy atom. The fraction of sp³-hybridized carbons (Fsp3) is 0.375. The van der Waals surface area contributed by atoms with Crippen LogP contribution in [0, 0.1) is 0 Å². The van der Waals surface area contributed by atoms with Gasteiger partial charge in [-0.25, -0.2) is 0 Å². The SMILES string of the molecule is FC(F)(F)c1ccc(Br)c([C@@H](c2ccco2)N2CCNCC2)c1. The highest BCUT2D eigenvalue weighted by Crippen LogP contribution is 2.38. The molecule has 1 aliphatic heterocycles. The smallest absolute Gasteiger partial charge is 0.416 e. The molecule has 23 heavy (non-hydrogen) atoms. The molecule has 124 valence electrons. The van der Waals surface area contributed by atoms with Crippen LogP contribution in [-0.2, 0) is 6.18 Å². The van der Waals surface area contributed by atoms with Crippen LogP contribution in [0.15, 0.2) is 45.5 Å². The standard InChI is InChI=1S/C16H16BrF3N2O/c17-13-4-3-11(16(18,19)20)10-12(13)15(14-2-1-9-23-14)22-7-5-21-6-8-22/h1-4,9-10,15,21H,5-8H2/t15-/m0/s1. The average molecular weight is 389 g/mol. The van der Waals surface area contributed by atoms with Gasteiger partial charge >= 0.3 is 6.18 Å². The summed E-state index contributed by atoms with van der Waals surface area (Å²) >= 11 is 3.40. The van der Waals surface area contributed by atoms with Gasteiger partial charge in [-0.05, 0) is 35.9 Å². The molecule has 1 atom stereocenters. The Balaban J connectivity index is 2.06. The number of alkyl halides is 3. The highest BCUT2D eigenvalue weighted by molar-refractivity contribution is 9.10. The van der Waals surface area contributed by atoms with Crippen molar-refractivity contribution in [3.05, 3.63) is 58.0 Å². The third-order valence-corrected chi connectivity index (χ3v) is 4.67. The van der Waals surface area contributed by atoms with Crippen molar-refractivity contribution in [3.63, 3.8) is 0 Å². The lowest BCUT2D eigenvalue weighted by molar-refractivity contribution is -0.137. The normalized spacial score (nSPS) is 18.1. The van der Waals surface area contributed by atoms with Crippen molar-refractivity contribution >= 4 is 15.9 Å². The van der Waals surface area contributed by atoms with E-state index in [1.807, 2.05) is 0 Å². The summed E-state index contributed by atoms with van der Waals surface area (Å²) in [4.78, 5) is 2.13. The molecule has 3 nitrogen and oxygen atoms in total. The summed E-state index contributed by atoms with van der Waals surface area (Å²) in [6.45, 7) is 3.09. The van der Waals surface area contributed by atoms with Gasteiger partial charge in [-0.15, -0.1) is 0 Å². The van der Waals surface area contributed by atoms with Gasteiger partial charge in [0.2, 0.25) is 0 Å². The summed E-state index contributed by atoms with van der Waals surface area (Å²) in [6, 6.07) is 6.97. The van der Waals surface area contributed by atoms with Crippen molar-refractivity contribution < 1.29 is 17.6 Å². The minimum atomic E-state index is -4.37. The number of rotatable bonds is 3. The predicted molar refractivity (Wildman–Crippen MR) is 84.1 cm³/mol. The van der Waals surface area contributed by atoms with Gasteiger partial charge in [-0.2, -0.15) is 13.2 Å². The van der Waals surface area contributed by atoms with Gasteiger partial charge in [0.1, 0.15) is 5.76 Å². The number of benzene rings is 1. The molecule has 1 N–H and O–H groups in total. The van der Waals surface area contributed by atoms with Crippen molar-refractivity contribution in [2.24, 2.45) is 0 Å². The number of hydrogen-bond donors (Lipinski definition) is 1. The van der Waals surface area contributed by atoms with Crippen LogP contribution >= 0.6 is 15.9 Å². The monoisotopic (exact) mass is 388 g/mol. The van der Waals surface area contributed by atoms with E-state index in [0.717, 1.165) is 32.2 Å². The summed E-state index contributed by atoms with van der Waals surface area (Å²) in [5.74, 6) is 0.645. The first-order valence-electron chi connectivity index (χ1n) is 7.31. The average Bonchev–Trinajstić information content (AvgIpc) is 3.03. The number of piperazine rings is 1. The van der Waals surface area contributed by atoms with Crippen molar-refractivity contribution in [2.75, 3.05) is 26.2 Å². The van der Waals surface area contributed by atoms with E-state index in [9.17, 15) is 13.2 Å². The predicted octanol–water partition coefficient (Wildman–Crippen LogP) is 4.06. The zero-order valence-corrected chi connectivity index (χ0v) is 13.8. The molecule has 0 saturated carbocycles. The molecule has 0 bridgehead atoms. The summed E-state index contributed by atoms with van der Waals surface area (Å²) in [7, 11) is 0. The topological polar surface area (TPSA) is 28.4 Å². The molecule has 1 fully saturated rings. The molecule has 1 aromatic carbocycles. The minimum Gasteiger partial charge on any atom is -0.467 e. The van der Waals surface area contributed by atoms with Gasteiger partial charge in [0.05, 0.1) is 17.9 Å². The zero-order valence-electron chi connectivity index (χ0n) is 12.2. The molecule has 7 heteroatoms. The van der Waals surface area contributed by atoms with Crippen LogP contribution in [0.1, 0.15) is 22.9 Å². The van der Waals surface area contributed by atoms with Gasteiger partial charge in [-0.3, -0.25) is 4.90 Å². The maximum Gasteiger partial charge on any atom is 0.416 e. The van der Waals surface area contributed by atoms with Gasteiger partial charge in [0.25, 0.3) is 0 Å². The van der Waals surface area contributed by atoms with Crippen LogP contribution in [0.4, 0.5) is 13.2 Å². The first kappa shape index (κ1) is 16.5. The number of halogens is 4. The lowest BCUT2D eigenvalue weighted by Gasteiger charge is -2.34. The fourth-order valence-electron chi connectivity index (χ4n) is 2.85. The maximum atomic E-state index is 13.1. The molecule has 0 unspecified atom stereocenters. The highest BCUT2D eigenvalue weighted by Gasteiger charge is 2.34. The second-order valence-corrected chi connectivity index (χ2v) is 6.29. The Labute approximate surface area is 140 Å². The molecule has 1 saturated heterocycles. The Morgan fingerprint density at radius 2 is 1.91 bits per heavy atom. The number of hydrogen-bond acceptors (Lipinski definition) is 3. The largest absolute Gasteiger partial charge is 0.467 e. The van der Waals surface area contributed by atoms with E-state index in [1.54, 1.807) is 18.4 Å². The summed E-state index contributed by atoms with van der Waals surface area (Å²) in [5.41, 5.74) is -0.0842. The highest BCUT2D eigenvalue weighted by atomic mass is 79.9. The second-order valence-electron chi connectivity index (χ2n) is 5.44. The number of furan rings is 1. The molecule has 0 spiro atoms. The Hall–Kier alpha value is -1.31. The first-order chi connectivity index (χ1) is 11.0. The van der Waals surface area contributed by atoms with Crippen LogP contribution < -0.4 is 5.32 Å². The minimum absolute atomic E-state index is 0.344. The Bertz CT molecular complexity index is 652. The third kappa shape index (κ3) is 3.62. The van der Waals surface area contributed by atoms with Crippen LogP contribution in [0.3, 0.4) is 0 Å².